The fourth-order valence-electron chi connectivity index (χ4n) is 2.52. The lowest BCUT2D eigenvalue weighted by Gasteiger charge is -2.14. The van der Waals surface area contributed by atoms with Gasteiger partial charge in [0, 0.05) is 11.9 Å². The van der Waals surface area contributed by atoms with Gasteiger partial charge < -0.3 is 10.5 Å². The number of benzene rings is 1. The van der Waals surface area contributed by atoms with Gasteiger partial charge in [0.2, 0.25) is 0 Å². The van der Waals surface area contributed by atoms with Crippen LogP contribution in [0, 0.1) is 0 Å². The van der Waals surface area contributed by atoms with E-state index < -0.39 is 12.2 Å². The Morgan fingerprint density at radius 2 is 2.00 bits per heavy atom. The van der Waals surface area contributed by atoms with Crippen LogP contribution in [0.4, 0.5) is 14.5 Å². The van der Waals surface area contributed by atoms with E-state index in [4.69, 9.17) is 5.73 Å². The van der Waals surface area contributed by atoms with Crippen molar-refractivity contribution in [3.8, 4) is 11.4 Å². The van der Waals surface area contributed by atoms with E-state index in [1.807, 2.05) is 6.92 Å². The summed E-state index contributed by atoms with van der Waals surface area (Å²) in [6.45, 7) is 2.79. The number of anilines is 1. The molecule has 2 aromatic heterocycles. The summed E-state index contributed by atoms with van der Waals surface area (Å²) in [6, 6.07) is 7.50. The second kappa shape index (κ2) is 6.87. The van der Waals surface area contributed by atoms with E-state index in [2.05, 4.69) is 32.2 Å². The molecule has 0 radical (unpaired) electrons. The van der Waals surface area contributed by atoms with Crippen LogP contribution in [0.25, 0.3) is 22.3 Å². The van der Waals surface area contributed by atoms with Gasteiger partial charge in [-0.3, -0.25) is 14.3 Å². The molecule has 0 amide bonds. The molecule has 2 heterocycles. The third-order valence-electron chi connectivity index (χ3n) is 3.80. The Bertz CT molecular complexity index is 1060. The molecular weight excluding hydrogens is 408 g/mol. The summed E-state index contributed by atoms with van der Waals surface area (Å²) in [7, 11) is 0. The first-order chi connectivity index (χ1) is 12.3. The molecule has 0 atom stereocenters. The number of rotatable bonds is 4. The molecule has 26 heavy (non-hydrogen) atoms. The fraction of sp³-hybridized carbons (Fsp3) is 0.111. The summed E-state index contributed by atoms with van der Waals surface area (Å²) in [5.74, 6) is -0.00337. The van der Waals surface area contributed by atoms with Gasteiger partial charge in [-0.05, 0) is 64.3 Å². The zero-order valence-electron chi connectivity index (χ0n) is 13.7. The Hall–Kier alpha value is -2.74. The maximum Gasteiger partial charge on any atom is 0.387 e. The third-order valence-corrected chi connectivity index (χ3v) is 4.57. The first-order valence-corrected chi connectivity index (χ1v) is 8.29. The molecule has 0 saturated heterocycles. The van der Waals surface area contributed by atoms with E-state index in [0.29, 0.717) is 16.7 Å². The molecule has 134 valence electrons. The van der Waals surface area contributed by atoms with Crippen molar-refractivity contribution in [1.82, 2.24) is 9.55 Å². The molecule has 2 N–H and O–H groups in total. The number of nitrogens with zero attached hydrogens (tertiary/aromatic N) is 2. The normalized spacial score (nSPS) is 11.1. The molecule has 3 rings (SSSR count). The number of hydrogen-bond acceptors (Lipinski definition) is 4. The number of pyridine rings is 2. The van der Waals surface area contributed by atoms with Gasteiger partial charge in [-0.1, -0.05) is 6.58 Å². The van der Waals surface area contributed by atoms with Crippen LogP contribution >= 0.6 is 15.9 Å². The van der Waals surface area contributed by atoms with Crippen LogP contribution < -0.4 is 16.0 Å². The largest absolute Gasteiger partial charge is 0.435 e. The first kappa shape index (κ1) is 18.1. The fourth-order valence-corrected chi connectivity index (χ4v) is 2.89. The maximum atomic E-state index is 12.8. The van der Waals surface area contributed by atoms with Crippen LogP contribution in [0.3, 0.4) is 0 Å². The second-order valence-corrected chi connectivity index (χ2v) is 6.41. The van der Waals surface area contributed by atoms with E-state index >= 15 is 0 Å². The van der Waals surface area contributed by atoms with Crippen LogP contribution in [0.15, 0.2) is 52.4 Å². The Morgan fingerprint density at radius 1 is 1.35 bits per heavy atom. The Labute approximate surface area is 155 Å². The highest BCUT2D eigenvalue weighted by molar-refractivity contribution is 9.10. The second-order valence-electron chi connectivity index (χ2n) is 5.61. The number of hydrogen-bond donors (Lipinski definition) is 1. The minimum Gasteiger partial charge on any atom is -0.435 e. The zero-order valence-corrected chi connectivity index (χ0v) is 15.3. The lowest BCUT2D eigenvalue weighted by Crippen LogP contribution is -2.21. The number of fused-ring (bicyclic) bond motifs is 1. The lowest BCUT2D eigenvalue weighted by molar-refractivity contribution is -0.0498. The molecular formula is C18H14BrF2N3O2. The highest BCUT2D eigenvalue weighted by Crippen LogP contribution is 2.28. The Balaban J connectivity index is 2.28. The van der Waals surface area contributed by atoms with Crippen molar-refractivity contribution in [1.29, 1.82) is 0 Å². The van der Waals surface area contributed by atoms with Crippen molar-refractivity contribution in [2.45, 2.75) is 13.5 Å². The quantitative estimate of drug-likeness (QED) is 0.678. The highest BCUT2D eigenvalue weighted by Gasteiger charge is 2.16. The average molecular weight is 422 g/mol. The summed E-state index contributed by atoms with van der Waals surface area (Å²) < 4.78 is 30.6. The molecule has 3 aromatic rings. The molecule has 0 aliphatic carbocycles. The van der Waals surface area contributed by atoms with Crippen molar-refractivity contribution in [3.05, 3.63) is 63.5 Å². The molecule has 0 fully saturated rings. The van der Waals surface area contributed by atoms with E-state index in [1.165, 1.54) is 28.8 Å². The van der Waals surface area contributed by atoms with Gasteiger partial charge in [0.1, 0.15) is 15.7 Å². The average Bonchev–Trinajstić information content (AvgIpc) is 2.60. The number of alkyl halides is 2. The van der Waals surface area contributed by atoms with E-state index in [0.717, 1.165) is 11.1 Å². The third kappa shape index (κ3) is 3.20. The van der Waals surface area contributed by atoms with Crippen molar-refractivity contribution < 1.29 is 13.5 Å². The highest BCUT2D eigenvalue weighted by atomic mass is 79.9. The summed E-state index contributed by atoms with van der Waals surface area (Å²) >= 11 is 3.20. The van der Waals surface area contributed by atoms with Gasteiger partial charge in [0.15, 0.2) is 0 Å². The molecule has 0 spiro atoms. The van der Waals surface area contributed by atoms with Crippen molar-refractivity contribution in [3.63, 3.8) is 0 Å². The van der Waals surface area contributed by atoms with Gasteiger partial charge in [0.25, 0.3) is 5.56 Å². The molecule has 0 aliphatic heterocycles. The van der Waals surface area contributed by atoms with Crippen molar-refractivity contribution in [2.75, 3.05) is 5.73 Å². The maximum absolute atomic E-state index is 12.8. The van der Waals surface area contributed by atoms with E-state index in [1.54, 1.807) is 12.3 Å². The Morgan fingerprint density at radius 3 is 2.58 bits per heavy atom. The predicted octanol–water partition coefficient (Wildman–Crippen LogP) is 4.36. The molecule has 0 saturated carbocycles. The summed E-state index contributed by atoms with van der Waals surface area (Å²) in [4.78, 5) is 17.1. The van der Waals surface area contributed by atoms with Gasteiger partial charge in [0.05, 0.1) is 11.2 Å². The predicted molar refractivity (Wildman–Crippen MR) is 101 cm³/mol. The Kier molecular flexibility index (Phi) is 4.78. The number of nitrogen functional groups attached to an aromatic ring is 1. The van der Waals surface area contributed by atoms with Gasteiger partial charge in [-0.2, -0.15) is 8.78 Å². The summed E-state index contributed by atoms with van der Waals surface area (Å²) in [6.07, 6.45) is 1.63. The standard InChI is InChI=1S/C18H14BrF2N3O2/c1-9(2)10-7-13-16(23-8-10)15(22)14(19)17(25)24(13)11-3-5-12(6-4-11)26-18(20)21/h3-8,18H,1,22H2,2H3. The van der Waals surface area contributed by atoms with Crippen LogP contribution in [-0.4, -0.2) is 16.2 Å². The van der Waals surface area contributed by atoms with Gasteiger partial charge >= 0.3 is 6.61 Å². The van der Waals surface area contributed by atoms with Crippen LogP contribution in [-0.2, 0) is 0 Å². The number of aromatic nitrogens is 2. The van der Waals surface area contributed by atoms with Crippen molar-refractivity contribution >= 4 is 38.2 Å². The van der Waals surface area contributed by atoms with Crippen LogP contribution in [0.1, 0.15) is 12.5 Å². The molecule has 8 heteroatoms. The van der Waals surface area contributed by atoms with Crippen LogP contribution in [0.2, 0.25) is 0 Å². The topological polar surface area (TPSA) is 70.1 Å². The molecule has 0 unspecified atom stereocenters. The minimum atomic E-state index is -2.92. The minimum absolute atomic E-state index is 0.00337. The van der Waals surface area contributed by atoms with E-state index in [-0.39, 0.29) is 15.9 Å². The number of allylic oxidation sites excluding steroid dienone is 1. The zero-order chi connectivity index (χ0) is 19.0. The monoisotopic (exact) mass is 421 g/mol. The first-order valence-electron chi connectivity index (χ1n) is 7.50. The van der Waals surface area contributed by atoms with Crippen LogP contribution in [0.5, 0.6) is 5.75 Å². The van der Waals surface area contributed by atoms with E-state index in [9.17, 15) is 13.6 Å². The van der Waals surface area contributed by atoms with Gasteiger partial charge in [-0.15, -0.1) is 0 Å². The molecule has 5 nitrogen and oxygen atoms in total. The van der Waals surface area contributed by atoms with Crippen molar-refractivity contribution in [2.24, 2.45) is 0 Å². The SMILES string of the molecule is C=C(C)c1cnc2c(N)c(Br)c(=O)n(-c3ccc(OC(F)F)cc3)c2c1. The number of halogens is 3. The number of ether oxygens (including phenoxy) is 1. The molecule has 1 aromatic carbocycles. The molecule has 0 aliphatic rings. The molecule has 0 bridgehead atoms. The summed E-state index contributed by atoms with van der Waals surface area (Å²) in [5, 5.41) is 0. The van der Waals surface area contributed by atoms with Gasteiger partial charge in [-0.25, -0.2) is 0 Å². The number of nitrogens with two attached hydrogens (primary N) is 1. The lowest BCUT2D eigenvalue weighted by atomic mass is 10.1. The summed E-state index contributed by atoms with van der Waals surface area (Å²) in [5.41, 5.74) is 8.78. The smallest absolute Gasteiger partial charge is 0.387 e.